The van der Waals surface area contributed by atoms with E-state index in [9.17, 15) is 51.1 Å². The van der Waals surface area contributed by atoms with Gasteiger partial charge < -0.3 is 152 Å². The fourth-order valence-electron chi connectivity index (χ4n) is 8.86. The lowest BCUT2D eigenvalue weighted by Gasteiger charge is -2.47. The first-order valence-electron chi connectivity index (χ1n) is 22.2. The third-order valence-corrected chi connectivity index (χ3v) is 12.8. The number of aliphatic hydroxyl groups is 10. The van der Waals surface area contributed by atoms with Gasteiger partial charge in [-0.2, -0.15) is 8.42 Å². The monoisotopic (exact) mass is 1050 g/mol. The van der Waals surface area contributed by atoms with Crippen LogP contribution in [0.4, 0.5) is 0 Å². The SMILES string of the molecule is NC[C@H]1O[C@H](O[C@H]2[C@H](O)[C@@H](O[C@H]3O[C@H](CO)[C@@H](O)[C@H](N)[C@H]3O)[C@H](N)C[C@@H]2N)[C@H](N)C[C@@H]1O.NC[C@H]1O[C@H](O[C@H]2[C@H](O)[C@@H](O[C@H]3O[C@H](CO)[C@@H](O)[C@H](N)[C@H]3O)[C@H](N)C[C@@H]2N)[C@H](N)C[C@@H]1O.O.O=S(=O)(O)O. The van der Waals surface area contributed by atoms with Crippen molar-refractivity contribution in [2.75, 3.05) is 26.3 Å². The number of aliphatic hydroxyl groups excluding tert-OH is 10. The number of ether oxygens (including phenoxy) is 8. The van der Waals surface area contributed by atoms with Crippen LogP contribution < -0.4 is 57.3 Å². The van der Waals surface area contributed by atoms with Crippen molar-refractivity contribution in [1.29, 1.82) is 0 Å². The Morgan fingerprint density at radius 1 is 0.414 bits per heavy atom. The molecule has 0 spiro atoms. The Kier molecular flexibility index (Phi) is 24.7. The van der Waals surface area contributed by atoms with Crippen LogP contribution >= 0.6 is 0 Å². The molecule has 6 aliphatic rings. The Morgan fingerprint density at radius 3 is 0.929 bits per heavy atom. The molecule has 0 radical (unpaired) electrons. The van der Waals surface area contributed by atoms with Crippen LogP contribution in [-0.4, -0.2) is 272 Å². The molecule has 0 aromatic heterocycles. The molecule has 28 atom stereocenters. The molecular weight excluding hydrogens is 973 g/mol. The Hall–Kier alpha value is -1.29. The van der Waals surface area contributed by atoms with Crippen LogP contribution in [0, 0.1) is 0 Å². The van der Waals surface area contributed by atoms with Crippen LogP contribution in [0.2, 0.25) is 0 Å². The van der Waals surface area contributed by atoms with Crippen molar-refractivity contribution in [3.8, 4) is 0 Å². The lowest BCUT2D eigenvalue weighted by Crippen LogP contribution is -2.68. The van der Waals surface area contributed by atoms with Gasteiger partial charge in [-0.15, -0.1) is 0 Å². The summed E-state index contributed by atoms with van der Waals surface area (Å²) in [5, 5.41) is 101. The average Bonchev–Trinajstić information content (AvgIpc) is 3.27. The van der Waals surface area contributed by atoms with E-state index < -0.39 is 195 Å². The molecule has 4 heterocycles. The molecule has 416 valence electrons. The van der Waals surface area contributed by atoms with E-state index in [1.807, 2.05) is 0 Å². The summed E-state index contributed by atoms with van der Waals surface area (Å²) in [6.07, 6.45) is -21.5. The standard InChI is InChI=1S/2C18H37N5O9.H2O4S.H2O/c2*19-3-9-8(25)2-7(22)17(29-9)31-15-5(20)1-6(21)16(14(15)28)32-18-13(27)11(23)12(26)10(4-24)30-18;1-5(2,3)4;/h2*5-18,24-28H,1-4,19-23H2;(H2,1,2,3,4);1H2/t2*5-,6+,7+,8-,9+,10+,11-,12+,13+,14-,15+,16-,17+,18+;;/m00../s1. The maximum absolute atomic E-state index is 11.0. The smallest absolute Gasteiger partial charge is 0.394 e. The summed E-state index contributed by atoms with van der Waals surface area (Å²) in [6, 6.07) is -6.53. The third-order valence-electron chi connectivity index (χ3n) is 12.8. The van der Waals surface area contributed by atoms with E-state index in [1.165, 1.54) is 0 Å². The molecule has 0 amide bonds. The number of hydrogen-bond acceptors (Lipinski definition) is 30. The topological polar surface area (TPSA) is 642 Å². The van der Waals surface area contributed by atoms with Crippen LogP contribution in [-0.2, 0) is 48.3 Å². The number of rotatable bonds is 12. The molecule has 6 fully saturated rings. The molecule has 2 aliphatic carbocycles. The summed E-state index contributed by atoms with van der Waals surface area (Å²) in [5.41, 5.74) is 59.5. The van der Waals surface area contributed by atoms with E-state index in [0.717, 1.165) is 0 Å². The molecule has 4 saturated heterocycles. The summed E-state index contributed by atoms with van der Waals surface area (Å²) in [7, 11) is -4.67. The quantitative estimate of drug-likeness (QED) is 0.0807. The van der Waals surface area contributed by atoms with Crippen molar-refractivity contribution >= 4 is 10.4 Å². The highest BCUT2D eigenvalue weighted by Gasteiger charge is 2.52. The minimum atomic E-state index is -4.67. The van der Waals surface area contributed by atoms with Crippen molar-refractivity contribution in [1.82, 2.24) is 0 Å². The summed E-state index contributed by atoms with van der Waals surface area (Å²) in [5.74, 6) is 0. The highest BCUT2D eigenvalue weighted by Crippen LogP contribution is 2.33. The maximum atomic E-state index is 11.0. The first-order chi connectivity index (χ1) is 32.2. The van der Waals surface area contributed by atoms with Gasteiger partial charge in [0, 0.05) is 37.3 Å². The van der Waals surface area contributed by atoms with Crippen molar-refractivity contribution < 1.29 is 112 Å². The molecule has 34 N–H and O–H groups in total. The van der Waals surface area contributed by atoms with Crippen molar-refractivity contribution in [3.05, 3.63) is 0 Å². The summed E-state index contributed by atoms with van der Waals surface area (Å²) >= 11 is 0. The van der Waals surface area contributed by atoms with Crippen LogP contribution in [0.3, 0.4) is 0 Å². The van der Waals surface area contributed by atoms with E-state index >= 15 is 0 Å². The van der Waals surface area contributed by atoms with Crippen LogP contribution in [0.25, 0.3) is 0 Å². The van der Waals surface area contributed by atoms with Gasteiger partial charge in [0.1, 0.15) is 73.2 Å². The highest BCUT2D eigenvalue weighted by molar-refractivity contribution is 7.79. The summed E-state index contributed by atoms with van der Waals surface area (Å²) in [6.45, 7) is -0.998. The molecule has 6 rings (SSSR count). The number of nitrogens with two attached hydrogens (primary N) is 10. The highest BCUT2D eigenvalue weighted by atomic mass is 32.3. The molecule has 0 aromatic rings. The van der Waals surface area contributed by atoms with Gasteiger partial charge in [0.2, 0.25) is 0 Å². The molecule has 0 bridgehead atoms. The largest absolute Gasteiger partial charge is 0.412 e. The fraction of sp³-hybridized carbons (Fsp3) is 1.00. The molecule has 0 unspecified atom stereocenters. The Labute approximate surface area is 402 Å². The predicted molar refractivity (Wildman–Crippen MR) is 235 cm³/mol. The van der Waals surface area contributed by atoms with Crippen molar-refractivity contribution in [2.45, 2.75) is 197 Å². The number of hydrogen-bond donors (Lipinski definition) is 22. The Bertz CT molecular complexity index is 1540. The zero-order valence-electron chi connectivity index (χ0n) is 38.0. The van der Waals surface area contributed by atoms with Crippen molar-refractivity contribution in [2.24, 2.45) is 57.3 Å². The van der Waals surface area contributed by atoms with Crippen molar-refractivity contribution in [3.63, 3.8) is 0 Å². The van der Waals surface area contributed by atoms with Gasteiger partial charge in [-0.1, -0.05) is 0 Å². The maximum Gasteiger partial charge on any atom is 0.394 e. The summed E-state index contributed by atoms with van der Waals surface area (Å²) in [4.78, 5) is 0. The minimum Gasteiger partial charge on any atom is -0.412 e. The third kappa shape index (κ3) is 15.9. The normalized spacial score (nSPS) is 49.0. The average molecular weight is 1050 g/mol. The molecule has 70 heavy (non-hydrogen) atoms. The second kappa shape index (κ2) is 27.5. The summed E-state index contributed by atoms with van der Waals surface area (Å²) < 4.78 is 77.0. The molecule has 2 saturated carbocycles. The van der Waals surface area contributed by atoms with E-state index in [-0.39, 0.29) is 44.2 Å². The lowest BCUT2D eigenvalue weighted by atomic mass is 9.84. The van der Waals surface area contributed by atoms with Gasteiger partial charge in [-0.25, -0.2) is 0 Å². The first kappa shape index (κ1) is 63.0. The predicted octanol–water partition coefficient (Wildman–Crippen LogP) is -14.1. The minimum absolute atomic E-state index is 0. The fourth-order valence-corrected chi connectivity index (χ4v) is 8.86. The van der Waals surface area contributed by atoms with Gasteiger partial charge in [0.25, 0.3) is 0 Å². The molecule has 0 aromatic carbocycles. The second-order valence-electron chi connectivity index (χ2n) is 18.0. The van der Waals surface area contributed by atoms with Gasteiger partial charge in [0.05, 0.1) is 61.8 Å². The van der Waals surface area contributed by atoms with Gasteiger partial charge in [0.15, 0.2) is 25.2 Å². The molecular formula is C36H78N10O23S. The van der Waals surface area contributed by atoms with E-state index in [4.69, 9.17) is 113 Å². The van der Waals surface area contributed by atoms with E-state index in [0.29, 0.717) is 0 Å². The Balaban J connectivity index is 0.000000333. The molecule has 4 aliphatic heterocycles. The molecule has 34 heteroatoms. The Morgan fingerprint density at radius 2 is 0.671 bits per heavy atom. The molecule has 33 nitrogen and oxygen atoms in total. The zero-order chi connectivity index (χ0) is 52.0. The van der Waals surface area contributed by atoms with Crippen LogP contribution in [0.5, 0.6) is 0 Å². The van der Waals surface area contributed by atoms with Gasteiger partial charge in [-0.05, 0) is 25.7 Å². The van der Waals surface area contributed by atoms with Crippen LogP contribution in [0.15, 0.2) is 0 Å². The first-order valence-corrected chi connectivity index (χ1v) is 23.6. The van der Waals surface area contributed by atoms with E-state index in [2.05, 4.69) is 0 Å². The van der Waals surface area contributed by atoms with E-state index in [1.54, 1.807) is 0 Å². The second-order valence-corrected chi connectivity index (χ2v) is 18.9. The van der Waals surface area contributed by atoms with Crippen LogP contribution in [0.1, 0.15) is 25.7 Å². The van der Waals surface area contributed by atoms with Gasteiger partial charge >= 0.3 is 10.4 Å². The zero-order valence-corrected chi connectivity index (χ0v) is 38.8. The lowest BCUT2D eigenvalue weighted by molar-refractivity contribution is -0.314. The van der Waals surface area contributed by atoms with Gasteiger partial charge in [-0.3, -0.25) is 9.11 Å².